The maximum absolute atomic E-state index is 11.7. The standard InChI is InChI=1S/C14H20N5O6PS/c1-2-3-4-27-14-18-8-11(15)16-6-17-12(8)19(14)13-9(20)10-7(24-13)5-23-26(21,22)25-10/h6-7,9-10,13,20H,2-5H2,1H3,(H,21,22)(H2,15,16,17)/t7-,9-,10-,13-/m1/s1. The second-order valence-corrected chi connectivity index (χ2v) is 8.76. The molecule has 1 unspecified atom stereocenters. The van der Waals surface area contributed by atoms with Crippen molar-refractivity contribution in [2.24, 2.45) is 0 Å². The van der Waals surface area contributed by atoms with E-state index in [2.05, 4.69) is 21.9 Å². The molecule has 0 aromatic carbocycles. The molecule has 4 rings (SSSR count). The number of phosphoric ester groups is 1. The Balaban J connectivity index is 1.73. The summed E-state index contributed by atoms with van der Waals surface area (Å²) in [6.07, 6.45) is -0.484. The van der Waals surface area contributed by atoms with Crippen LogP contribution in [0.15, 0.2) is 11.5 Å². The zero-order valence-electron chi connectivity index (χ0n) is 14.5. The predicted molar refractivity (Wildman–Crippen MR) is 95.9 cm³/mol. The van der Waals surface area contributed by atoms with Crippen LogP contribution in [-0.2, 0) is 18.3 Å². The molecule has 4 heterocycles. The zero-order valence-corrected chi connectivity index (χ0v) is 16.2. The highest BCUT2D eigenvalue weighted by Crippen LogP contribution is 2.53. The first-order chi connectivity index (χ1) is 12.9. The zero-order chi connectivity index (χ0) is 19.2. The van der Waals surface area contributed by atoms with Crippen molar-refractivity contribution >= 4 is 36.6 Å². The Kier molecular flexibility index (Phi) is 5.14. The van der Waals surface area contributed by atoms with Gasteiger partial charge in [-0.2, -0.15) is 0 Å². The molecule has 0 radical (unpaired) electrons. The molecule has 2 aromatic rings. The Morgan fingerprint density at radius 3 is 3.07 bits per heavy atom. The van der Waals surface area contributed by atoms with Crippen molar-refractivity contribution in [3.63, 3.8) is 0 Å². The van der Waals surface area contributed by atoms with Gasteiger partial charge in [0.05, 0.1) is 6.61 Å². The van der Waals surface area contributed by atoms with Crippen LogP contribution in [0.25, 0.3) is 11.2 Å². The van der Waals surface area contributed by atoms with Gasteiger partial charge in [0.2, 0.25) is 0 Å². The Hall–Kier alpha value is -1.27. The normalized spacial score (nSPS) is 33.4. The van der Waals surface area contributed by atoms with E-state index in [0.717, 1.165) is 18.6 Å². The van der Waals surface area contributed by atoms with Gasteiger partial charge in [-0.15, -0.1) is 0 Å². The quantitative estimate of drug-likeness (QED) is 0.363. The van der Waals surface area contributed by atoms with E-state index in [-0.39, 0.29) is 12.4 Å². The molecule has 0 amide bonds. The van der Waals surface area contributed by atoms with E-state index in [0.29, 0.717) is 16.3 Å². The van der Waals surface area contributed by atoms with Gasteiger partial charge in [0, 0.05) is 5.75 Å². The number of aromatic nitrogens is 4. The highest BCUT2D eigenvalue weighted by Gasteiger charge is 2.53. The smallest absolute Gasteiger partial charge is 0.386 e. The molecule has 0 aliphatic carbocycles. The van der Waals surface area contributed by atoms with Crippen LogP contribution >= 0.6 is 19.6 Å². The van der Waals surface area contributed by atoms with Gasteiger partial charge in [-0.25, -0.2) is 19.5 Å². The van der Waals surface area contributed by atoms with Gasteiger partial charge < -0.3 is 20.5 Å². The van der Waals surface area contributed by atoms with E-state index in [9.17, 15) is 14.6 Å². The minimum atomic E-state index is -4.20. The van der Waals surface area contributed by atoms with Crippen molar-refractivity contribution in [1.29, 1.82) is 0 Å². The summed E-state index contributed by atoms with van der Waals surface area (Å²) in [6.45, 7) is 1.93. The lowest BCUT2D eigenvalue weighted by atomic mass is 10.1. The summed E-state index contributed by atoms with van der Waals surface area (Å²) >= 11 is 1.49. The summed E-state index contributed by atoms with van der Waals surface area (Å²) in [5.74, 6) is 1.04. The van der Waals surface area contributed by atoms with Gasteiger partial charge in [0.15, 0.2) is 28.4 Å². The number of imidazole rings is 1. The number of aliphatic hydroxyl groups excluding tert-OH is 1. The summed E-state index contributed by atoms with van der Waals surface area (Å²) in [5.41, 5.74) is 6.75. The first-order valence-corrected chi connectivity index (χ1v) is 11.0. The van der Waals surface area contributed by atoms with Crippen LogP contribution in [0.3, 0.4) is 0 Å². The summed E-state index contributed by atoms with van der Waals surface area (Å²) in [5, 5.41) is 11.3. The summed E-state index contributed by atoms with van der Waals surface area (Å²) in [6, 6.07) is 0. The maximum atomic E-state index is 11.7. The molecule has 2 fully saturated rings. The first kappa shape index (κ1) is 19.1. The number of aliphatic hydroxyl groups is 1. The highest BCUT2D eigenvalue weighted by atomic mass is 32.2. The molecule has 2 aliphatic heterocycles. The van der Waals surface area contributed by atoms with Crippen molar-refractivity contribution in [2.45, 2.75) is 49.5 Å². The van der Waals surface area contributed by atoms with Gasteiger partial charge in [0.1, 0.15) is 24.6 Å². The lowest BCUT2D eigenvalue weighted by Gasteiger charge is -2.27. The molecule has 0 bridgehead atoms. The number of nitrogen functional groups attached to an aromatic ring is 1. The number of nitrogens with two attached hydrogens (primary N) is 1. The molecule has 5 atom stereocenters. The van der Waals surface area contributed by atoms with E-state index in [1.54, 1.807) is 4.57 Å². The number of anilines is 1. The lowest BCUT2D eigenvalue weighted by molar-refractivity contribution is -0.0684. The molecular weight excluding hydrogens is 397 g/mol. The molecule has 2 saturated heterocycles. The van der Waals surface area contributed by atoms with E-state index in [1.165, 1.54) is 18.1 Å². The fourth-order valence-corrected chi connectivity index (χ4v) is 5.16. The lowest BCUT2D eigenvalue weighted by Crippen LogP contribution is -2.39. The molecule has 4 N–H and O–H groups in total. The summed E-state index contributed by atoms with van der Waals surface area (Å²) in [4.78, 5) is 22.3. The van der Waals surface area contributed by atoms with Gasteiger partial charge in [-0.05, 0) is 6.42 Å². The summed E-state index contributed by atoms with van der Waals surface area (Å²) in [7, 11) is -4.20. The number of phosphoric acid groups is 1. The number of thioether (sulfide) groups is 1. The Labute approximate surface area is 158 Å². The van der Waals surface area contributed by atoms with Crippen LogP contribution in [0.5, 0.6) is 0 Å². The van der Waals surface area contributed by atoms with Gasteiger partial charge in [0.25, 0.3) is 0 Å². The predicted octanol–water partition coefficient (Wildman–Crippen LogP) is 1.07. The van der Waals surface area contributed by atoms with Crippen LogP contribution in [0.2, 0.25) is 0 Å². The highest BCUT2D eigenvalue weighted by molar-refractivity contribution is 7.99. The van der Waals surface area contributed by atoms with Crippen LogP contribution in [-0.4, -0.2) is 60.2 Å². The number of ether oxygens (including phenoxy) is 1. The fraction of sp³-hybridized carbons (Fsp3) is 0.643. The number of unbranched alkanes of at least 4 members (excludes halogenated alkanes) is 1. The largest absolute Gasteiger partial charge is 0.472 e. The Morgan fingerprint density at radius 2 is 2.30 bits per heavy atom. The fourth-order valence-electron chi connectivity index (χ4n) is 3.09. The molecule has 2 aliphatic rings. The average molecular weight is 417 g/mol. The molecular formula is C14H20N5O6PS. The van der Waals surface area contributed by atoms with Crippen molar-refractivity contribution in [2.75, 3.05) is 18.1 Å². The second-order valence-electron chi connectivity index (χ2n) is 6.29. The minimum absolute atomic E-state index is 0.159. The third-order valence-corrected chi connectivity index (χ3v) is 6.45. The number of nitrogens with zero attached hydrogens (tertiary/aromatic N) is 4. The monoisotopic (exact) mass is 417 g/mol. The number of fused-ring (bicyclic) bond motifs is 2. The van der Waals surface area contributed by atoms with Crippen molar-refractivity contribution in [3.8, 4) is 0 Å². The molecule has 0 saturated carbocycles. The van der Waals surface area contributed by atoms with Gasteiger partial charge >= 0.3 is 7.82 Å². The van der Waals surface area contributed by atoms with E-state index in [4.69, 9.17) is 19.5 Å². The number of rotatable bonds is 5. The van der Waals surface area contributed by atoms with Crippen molar-refractivity contribution in [1.82, 2.24) is 19.5 Å². The topological polar surface area (TPSA) is 155 Å². The molecule has 13 heteroatoms. The number of hydrogen-bond acceptors (Lipinski definition) is 10. The first-order valence-electron chi connectivity index (χ1n) is 8.51. The Bertz CT molecular complexity index is 896. The Morgan fingerprint density at radius 1 is 1.48 bits per heavy atom. The third kappa shape index (κ3) is 3.46. The van der Waals surface area contributed by atoms with Crippen LogP contribution < -0.4 is 5.73 Å². The number of hydrogen-bond donors (Lipinski definition) is 3. The van der Waals surface area contributed by atoms with Crippen molar-refractivity contribution < 1.29 is 28.3 Å². The van der Waals surface area contributed by atoms with E-state index in [1.807, 2.05) is 0 Å². The molecule has 2 aromatic heterocycles. The van der Waals surface area contributed by atoms with E-state index < -0.39 is 32.4 Å². The molecule has 148 valence electrons. The minimum Gasteiger partial charge on any atom is -0.386 e. The second kappa shape index (κ2) is 7.28. The third-order valence-electron chi connectivity index (χ3n) is 4.42. The van der Waals surface area contributed by atoms with Crippen LogP contribution in [0.4, 0.5) is 5.82 Å². The van der Waals surface area contributed by atoms with Crippen molar-refractivity contribution in [3.05, 3.63) is 6.33 Å². The molecule has 0 spiro atoms. The van der Waals surface area contributed by atoms with Gasteiger partial charge in [-0.1, -0.05) is 25.1 Å². The van der Waals surface area contributed by atoms with Crippen LogP contribution in [0, 0.1) is 0 Å². The van der Waals surface area contributed by atoms with E-state index >= 15 is 0 Å². The van der Waals surface area contributed by atoms with Crippen LogP contribution in [0.1, 0.15) is 26.0 Å². The SMILES string of the molecule is CCCCSc1nc2c(N)ncnc2n1[C@@H]1O[C@@H]2COP(=O)(O)O[C@H]2[C@H]1O. The maximum Gasteiger partial charge on any atom is 0.472 e. The molecule has 27 heavy (non-hydrogen) atoms. The molecule has 11 nitrogen and oxygen atoms in total. The average Bonchev–Trinajstić information content (AvgIpc) is 3.13. The summed E-state index contributed by atoms with van der Waals surface area (Å²) < 4.78 is 29.0. The van der Waals surface area contributed by atoms with Gasteiger partial charge in [-0.3, -0.25) is 13.6 Å².